The lowest BCUT2D eigenvalue weighted by Gasteiger charge is -2.37. The number of nitrogens with two attached hydrogens (primary N) is 1. The van der Waals surface area contributed by atoms with Crippen LogP contribution in [0.2, 0.25) is 5.02 Å². The van der Waals surface area contributed by atoms with E-state index in [1.54, 1.807) is 18.3 Å². The Morgan fingerprint density at radius 3 is 2.26 bits per heavy atom. The Bertz CT molecular complexity index is 786. The molecule has 0 aliphatic rings. The number of alkyl halides is 3. The molecule has 1 aromatic carbocycles. The third-order valence-corrected chi connectivity index (χ3v) is 3.65. The molecular weight excluding hydrogens is 379 g/mol. The number of carbonyl (C=O) groups excluding carboxylic acids is 1. The normalized spacial score (nSPS) is 11.6. The zero-order valence-electron chi connectivity index (χ0n) is 15.6. The van der Waals surface area contributed by atoms with E-state index in [2.05, 4.69) is 10.3 Å². The first-order valence-electron chi connectivity index (χ1n) is 8.06. The molecule has 2 N–H and O–H groups in total. The van der Waals surface area contributed by atoms with Crippen LogP contribution in [0.3, 0.4) is 0 Å². The maximum Gasteiger partial charge on any atom is 0.416 e. The van der Waals surface area contributed by atoms with E-state index in [0.29, 0.717) is 16.1 Å². The van der Waals surface area contributed by atoms with Crippen LogP contribution in [0.1, 0.15) is 48.0 Å². The number of aromatic nitrogens is 1. The van der Waals surface area contributed by atoms with Gasteiger partial charge >= 0.3 is 6.18 Å². The Balaban J connectivity index is 0.000000309. The number of halogens is 4. The van der Waals surface area contributed by atoms with Crippen LogP contribution in [0.15, 0.2) is 36.5 Å². The highest BCUT2D eigenvalue weighted by Crippen LogP contribution is 2.33. The van der Waals surface area contributed by atoms with E-state index in [1.165, 1.54) is 6.07 Å². The van der Waals surface area contributed by atoms with Crippen LogP contribution in [-0.4, -0.2) is 16.4 Å². The first-order valence-corrected chi connectivity index (χ1v) is 8.44. The van der Waals surface area contributed by atoms with Gasteiger partial charge in [-0.2, -0.15) is 13.2 Å². The third-order valence-electron chi connectivity index (χ3n) is 3.28. The van der Waals surface area contributed by atoms with Crippen LogP contribution < -0.4 is 5.73 Å². The average Bonchev–Trinajstić information content (AvgIpc) is 2.52. The Labute approximate surface area is 161 Å². The third kappa shape index (κ3) is 8.41. The number of primary amides is 1. The van der Waals surface area contributed by atoms with Crippen molar-refractivity contribution in [3.05, 3.63) is 69.3 Å². The van der Waals surface area contributed by atoms with Gasteiger partial charge in [0.2, 0.25) is 5.91 Å². The molecule has 0 saturated carbocycles. The molecule has 0 aliphatic heterocycles. The summed E-state index contributed by atoms with van der Waals surface area (Å²) in [6.07, 6.45) is -2.78. The Hall–Kier alpha value is -2.12. The van der Waals surface area contributed by atoms with Crippen molar-refractivity contribution in [2.45, 2.75) is 46.0 Å². The predicted octanol–water partition coefficient (Wildman–Crippen LogP) is 5.52. The molecule has 0 spiro atoms. The second-order valence-electron chi connectivity index (χ2n) is 6.84. The molecule has 0 radical (unpaired) electrons. The van der Waals surface area contributed by atoms with Crippen molar-refractivity contribution in [2.75, 3.05) is 0 Å². The molecule has 0 bridgehead atoms. The molecule has 0 saturated heterocycles. The molecule has 148 valence electrons. The van der Waals surface area contributed by atoms with E-state index >= 15 is 0 Å². The van der Waals surface area contributed by atoms with Gasteiger partial charge in [-0.15, -0.1) is 12.1 Å². The van der Waals surface area contributed by atoms with Gasteiger partial charge in [0.15, 0.2) is 0 Å². The van der Waals surface area contributed by atoms with Crippen molar-refractivity contribution in [2.24, 2.45) is 5.73 Å². The Morgan fingerprint density at radius 1 is 1.19 bits per heavy atom. The minimum absolute atomic E-state index is 0.187. The summed E-state index contributed by atoms with van der Waals surface area (Å²) in [5.74, 6) is -0.412. The van der Waals surface area contributed by atoms with Gasteiger partial charge in [-0.25, -0.2) is 0 Å². The smallest absolute Gasteiger partial charge is 0.416 e. The van der Waals surface area contributed by atoms with Gasteiger partial charge in [-0.3, -0.25) is 9.78 Å². The second kappa shape index (κ2) is 9.19. The Morgan fingerprint density at radius 2 is 1.81 bits per heavy atom. The molecule has 0 fully saturated rings. The van der Waals surface area contributed by atoms with Crippen molar-refractivity contribution in [1.82, 2.24) is 4.98 Å². The van der Waals surface area contributed by atoms with Gasteiger partial charge in [-0.05, 0) is 42.8 Å². The van der Waals surface area contributed by atoms with Gasteiger partial charge in [0.25, 0.3) is 0 Å². The lowest BCUT2D eigenvalue weighted by molar-refractivity contribution is -0.137. The van der Waals surface area contributed by atoms with Gasteiger partial charge in [0.05, 0.1) is 5.56 Å². The number of amides is 1. The van der Waals surface area contributed by atoms with E-state index < -0.39 is 17.6 Å². The first kappa shape index (κ1) is 22.9. The summed E-state index contributed by atoms with van der Waals surface area (Å²) in [6, 6.07) is 6.54. The molecule has 8 heteroatoms. The fraction of sp³-hybridized carbons (Fsp3) is 0.368. The predicted molar refractivity (Wildman–Crippen MR) is 101 cm³/mol. The molecule has 4 nitrogen and oxygen atoms in total. The van der Waals surface area contributed by atoms with E-state index in [9.17, 15) is 18.0 Å². The average molecular weight is 401 g/mol. The van der Waals surface area contributed by atoms with Crippen molar-refractivity contribution >= 4 is 17.5 Å². The SMILES string of the molecule is CC(C)(C)[N-]Cc1cc(C(F)(F)F)ccc1Cl.Cc1cc(C(N)=O)ccn1. The highest BCUT2D eigenvalue weighted by molar-refractivity contribution is 6.31. The fourth-order valence-electron chi connectivity index (χ4n) is 1.89. The largest absolute Gasteiger partial charge is 0.654 e. The van der Waals surface area contributed by atoms with E-state index in [1.807, 2.05) is 27.7 Å². The standard InChI is InChI=1S/C12H14ClF3N.C7H8N2O/c1-11(2,3)17-7-8-6-9(12(14,15)16)4-5-10(8)13;1-5-4-6(7(8)10)2-3-9-5/h4-6H,7H2,1-3H3;2-4H,1H3,(H2,8,10)/q-1;. The minimum atomic E-state index is -4.35. The summed E-state index contributed by atoms with van der Waals surface area (Å²) in [7, 11) is 0. The number of rotatable bonds is 3. The minimum Gasteiger partial charge on any atom is -0.654 e. The van der Waals surface area contributed by atoms with E-state index in [0.717, 1.165) is 17.8 Å². The summed E-state index contributed by atoms with van der Waals surface area (Å²) in [5, 5.41) is 4.57. The highest BCUT2D eigenvalue weighted by atomic mass is 35.5. The van der Waals surface area contributed by atoms with Crippen LogP contribution in [0.4, 0.5) is 13.2 Å². The van der Waals surface area contributed by atoms with Crippen molar-refractivity contribution < 1.29 is 18.0 Å². The van der Waals surface area contributed by atoms with E-state index in [-0.39, 0.29) is 12.1 Å². The number of hydrogen-bond acceptors (Lipinski definition) is 2. The van der Waals surface area contributed by atoms with Crippen molar-refractivity contribution in [3.63, 3.8) is 0 Å². The lowest BCUT2D eigenvalue weighted by atomic mass is 10.1. The van der Waals surface area contributed by atoms with Crippen molar-refractivity contribution in [3.8, 4) is 0 Å². The summed E-state index contributed by atoms with van der Waals surface area (Å²) < 4.78 is 37.5. The van der Waals surface area contributed by atoms with Crippen LogP contribution in [0.5, 0.6) is 0 Å². The molecular formula is C19H22ClF3N3O-. The van der Waals surface area contributed by atoms with Crippen LogP contribution in [0, 0.1) is 6.92 Å². The zero-order chi connectivity index (χ0) is 20.8. The summed E-state index contributed by atoms with van der Waals surface area (Å²) in [4.78, 5) is 14.5. The number of hydrogen-bond donors (Lipinski definition) is 1. The molecule has 1 heterocycles. The van der Waals surface area contributed by atoms with Crippen molar-refractivity contribution in [1.29, 1.82) is 0 Å². The summed E-state index contributed by atoms with van der Waals surface area (Å²) in [5.41, 5.74) is 5.74. The van der Waals surface area contributed by atoms with Gasteiger partial charge < -0.3 is 11.1 Å². The highest BCUT2D eigenvalue weighted by Gasteiger charge is 2.30. The molecule has 0 aliphatic carbocycles. The number of aryl methyl sites for hydroxylation is 1. The van der Waals surface area contributed by atoms with Crippen LogP contribution in [-0.2, 0) is 12.7 Å². The summed E-state index contributed by atoms with van der Waals surface area (Å²) in [6.45, 7) is 7.65. The van der Waals surface area contributed by atoms with Crippen LogP contribution in [0.25, 0.3) is 5.32 Å². The Kier molecular flexibility index (Phi) is 7.80. The van der Waals surface area contributed by atoms with Gasteiger partial charge in [0, 0.05) is 22.5 Å². The quantitative estimate of drug-likeness (QED) is 0.736. The van der Waals surface area contributed by atoms with Gasteiger partial charge in [-0.1, -0.05) is 32.4 Å². The van der Waals surface area contributed by atoms with Gasteiger partial charge in [0.1, 0.15) is 0 Å². The number of carbonyl (C=O) groups is 1. The maximum atomic E-state index is 12.5. The maximum absolute atomic E-state index is 12.5. The zero-order valence-corrected chi connectivity index (χ0v) is 16.3. The second-order valence-corrected chi connectivity index (χ2v) is 7.25. The molecule has 0 unspecified atom stereocenters. The van der Waals surface area contributed by atoms with Crippen LogP contribution >= 0.6 is 11.6 Å². The number of nitrogens with zero attached hydrogens (tertiary/aromatic N) is 2. The molecule has 0 atom stereocenters. The number of benzene rings is 1. The summed E-state index contributed by atoms with van der Waals surface area (Å²) >= 11 is 5.85. The molecule has 2 rings (SSSR count). The monoisotopic (exact) mass is 400 g/mol. The number of pyridine rings is 1. The molecule has 1 amide bonds. The fourth-order valence-corrected chi connectivity index (χ4v) is 2.07. The first-order chi connectivity index (χ1) is 12.3. The van der Waals surface area contributed by atoms with E-state index in [4.69, 9.17) is 17.3 Å². The molecule has 1 aromatic heterocycles. The topological polar surface area (TPSA) is 70.1 Å². The lowest BCUT2D eigenvalue weighted by Crippen LogP contribution is -2.13. The molecule has 2 aromatic rings. The molecule has 27 heavy (non-hydrogen) atoms.